The van der Waals surface area contributed by atoms with E-state index in [0.717, 1.165) is 55.3 Å². The second-order valence-corrected chi connectivity index (χ2v) is 11.4. The number of hydrogen-bond acceptors (Lipinski definition) is 2. The molecule has 8 rings (SSSR count). The molecule has 0 spiro atoms. The highest BCUT2D eigenvalue weighted by Crippen LogP contribution is 2.41. The van der Waals surface area contributed by atoms with E-state index in [4.69, 9.17) is 0 Å². The summed E-state index contributed by atoms with van der Waals surface area (Å²) in [5.41, 5.74) is 11.6. The highest BCUT2D eigenvalue weighted by atomic mass is 15.0. The van der Waals surface area contributed by atoms with Crippen molar-refractivity contribution in [1.29, 1.82) is 10.5 Å². The fourth-order valence-electron chi connectivity index (χ4n) is 6.72. The first kappa shape index (κ1) is 25.6. The van der Waals surface area contributed by atoms with E-state index in [1.807, 2.05) is 30.3 Å². The summed E-state index contributed by atoms with van der Waals surface area (Å²) in [6.45, 7) is 4.23. The summed E-state index contributed by atoms with van der Waals surface area (Å²) in [5.74, 6) is 0. The van der Waals surface area contributed by atoms with Crippen molar-refractivity contribution >= 4 is 43.6 Å². The largest absolute Gasteiger partial charge is 0.309 e. The molecule has 206 valence electrons. The molecule has 0 radical (unpaired) electrons. The molecule has 0 unspecified atom stereocenters. The minimum absolute atomic E-state index is 0.576. The van der Waals surface area contributed by atoms with Crippen LogP contribution in [0.4, 0.5) is 0 Å². The molecule has 2 aromatic heterocycles. The van der Waals surface area contributed by atoms with Gasteiger partial charge in [0, 0.05) is 32.7 Å². The molecule has 0 aliphatic carbocycles. The Morgan fingerprint density at radius 1 is 0.432 bits per heavy atom. The van der Waals surface area contributed by atoms with Crippen LogP contribution < -0.4 is 0 Å². The van der Waals surface area contributed by atoms with Crippen LogP contribution in [-0.2, 0) is 0 Å². The first-order valence-electron chi connectivity index (χ1n) is 14.6. The van der Waals surface area contributed by atoms with Crippen LogP contribution in [0.5, 0.6) is 0 Å². The highest BCUT2D eigenvalue weighted by molar-refractivity contribution is 6.11. The Balaban J connectivity index is 1.52. The van der Waals surface area contributed by atoms with E-state index in [9.17, 15) is 10.5 Å². The van der Waals surface area contributed by atoms with Crippen molar-refractivity contribution in [3.63, 3.8) is 0 Å². The fourth-order valence-corrected chi connectivity index (χ4v) is 6.72. The lowest BCUT2D eigenvalue weighted by Crippen LogP contribution is -2.02. The van der Waals surface area contributed by atoms with Gasteiger partial charge >= 0.3 is 0 Å². The van der Waals surface area contributed by atoms with Gasteiger partial charge in [0.05, 0.1) is 56.7 Å². The zero-order valence-electron chi connectivity index (χ0n) is 24.3. The average Bonchev–Trinajstić information content (AvgIpc) is 3.56. The molecule has 0 bridgehead atoms. The number of aromatic nitrogens is 2. The lowest BCUT2D eigenvalue weighted by Gasteiger charge is -2.19. The van der Waals surface area contributed by atoms with Crippen molar-refractivity contribution in [2.75, 3.05) is 0 Å². The van der Waals surface area contributed by atoms with Gasteiger partial charge in [-0.25, -0.2) is 0 Å². The van der Waals surface area contributed by atoms with Crippen LogP contribution >= 0.6 is 0 Å². The zero-order valence-corrected chi connectivity index (χ0v) is 24.3. The van der Waals surface area contributed by atoms with E-state index in [1.54, 1.807) is 0 Å². The molecule has 6 aromatic carbocycles. The number of fused-ring (bicyclic) bond motifs is 6. The Kier molecular flexibility index (Phi) is 5.66. The lowest BCUT2D eigenvalue weighted by atomic mass is 9.97. The number of para-hydroxylation sites is 2. The van der Waals surface area contributed by atoms with Gasteiger partial charge in [-0.15, -0.1) is 0 Å². The number of rotatable bonds is 3. The van der Waals surface area contributed by atoms with Gasteiger partial charge in [-0.05, 0) is 80.6 Å². The monoisotopic (exact) mass is 562 g/mol. The summed E-state index contributed by atoms with van der Waals surface area (Å²) in [6.07, 6.45) is 0. The van der Waals surface area contributed by atoms with E-state index in [-0.39, 0.29) is 0 Å². The average molecular weight is 563 g/mol. The minimum atomic E-state index is 0.576. The van der Waals surface area contributed by atoms with Crippen molar-refractivity contribution in [2.45, 2.75) is 13.8 Å². The van der Waals surface area contributed by atoms with Crippen LogP contribution in [0.2, 0.25) is 0 Å². The first-order valence-corrected chi connectivity index (χ1v) is 14.6. The van der Waals surface area contributed by atoms with E-state index < -0.39 is 0 Å². The van der Waals surface area contributed by atoms with E-state index >= 15 is 0 Å². The van der Waals surface area contributed by atoms with E-state index in [2.05, 4.69) is 126 Å². The van der Waals surface area contributed by atoms with Crippen molar-refractivity contribution in [1.82, 2.24) is 9.13 Å². The molecule has 44 heavy (non-hydrogen) atoms. The SMILES string of the molecule is Cc1ccc2c(c1)c1ccccc1n2-c1ccc(C#N)cc1-c1ccc(C#N)cc1-n1c2ccccc2c2cc(C)ccc21. The van der Waals surface area contributed by atoms with E-state index in [0.29, 0.717) is 11.1 Å². The minimum Gasteiger partial charge on any atom is -0.309 e. The van der Waals surface area contributed by atoms with Crippen molar-refractivity contribution < 1.29 is 0 Å². The maximum atomic E-state index is 10.0. The summed E-state index contributed by atoms with van der Waals surface area (Å²) in [4.78, 5) is 0. The third kappa shape index (κ3) is 3.76. The third-order valence-corrected chi connectivity index (χ3v) is 8.68. The number of nitrogens with zero attached hydrogens (tertiary/aromatic N) is 4. The number of benzene rings is 6. The fraction of sp³-hybridized carbons (Fsp3) is 0.0500. The summed E-state index contributed by atoms with van der Waals surface area (Å²) >= 11 is 0. The summed E-state index contributed by atoms with van der Waals surface area (Å²) in [5, 5.41) is 24.8. The van der Waals surface area contributed by atoms with Crippen LogP contribution in [0.1, 0.15) is 22.3 Å². The second kappa shape index (κ2) is 9.73. The predicted molar refractivity (Wildman–Crippen MR) is 179 cm³/mol. The number of nitriles is 2. The van der Waals surface area contributed by atoms with Gasteiger partial charge in [0.25, 0.3) is 0 Å². The molecule has 2 heterocycles. The van der Waals surface area contributed by atoms with E-state index in [1.165, 1.54) is 21.9 Å². The Morgan fingerprint density at radius 3 is 1.52 bits per heavy atom. The molecule has 0 fully saturated rings. The Hall–Kier alpha value is -6.10. The molecule has 4 heteroatoms. The standard InChI is InChI=1S/C40H26N4/c1-25-11-16-37-32(19-25)29-7-3-5-9-35(29)43(37)39-18-14-27(23-41)21-34(39)31-15-13-28(24-42)22-40(31)44-36-10-6-4-8-30(36)33-20-26(2)12-17-38(33)44/h3-22H,1-2H3. The molecule has 0 saturated carbocycles. The Bertz CT molecular complexity index is 2550. The van der Waals surface area contributed by atoms with Crippen molar-refractivity contribution in [3.05, 3.63) is 144 Å². The molecular formula is C40H26N4. The van der Waals surface area contributed by atoms with Gasteiger partial charge in [-0.2, -0.15) is 10.5 Å². The van der Waals surface area contributed by atoms with Gasteiger partial charge in [-0.3, -0.25) is 0 Å². The molecule has 0 amide bonds. The highest BCUT2D eigenvalue weighted by Gasteiger charge is 2.21. The van der Waals surface area contributed by atoms with Gasteiger partial charge in [0.1, 0.15) is 0 Å². The molecule has 4 nitrogen and oxygen atoms in total. The lowest BCUT2D eigenvalue weighted by molar-refractivity contribution is 1.16. The number of aryl methyl sites for hydroxylation is 2. The van der Waals surface area contributed by atoms with Crippen LogP contribution in [-0.4, -0.2) is 9.13 Å². The normalized spacial score (nSPS) is 11.4. The molecule has 0 saturated heterocycles. The van der Waals surface area contributed by atoms with Crippen molar-refractivity contribution in [2.24, 2.45) is 0 Å². The van der Waals surface area contributed by atoms with Crippen LogP contribution in [0.15, 0.2) is 121 Å². The molecule has 8 aromatic rings. The summed E-state index contributed by atoms with van der Waals surface area (Å²) < 4.78 is 4.57. The zero-order chi connectivity index (χ0) is 29.9. The molecule has 0 aliphatic rings. The maximum Gasteiger partial charge on any atom is 0.0992 e. The quantitative estimate of drug-likeness (QED) is 0.215. The number of hydrogen-bond donors (Lipinski definition) is 0. The molecule has 0 N–H and O–H groups in total. The van der Waals surface area contributed by atoms with Crippen LogP contribution in [0.25, 0.3) is 66.1 Å². The van der Waals surface area contributed by atoms with Gasteiger partial charge in [0.15, 0.2) is 0 Å². The summed E-state index contributed by atoms with van der Waals surface area (Å²) in [7, 11) is 0. The van der Waals surface area contributed by atoms with Gasteiger partial charge in [-0.1, -0.05) is 65.7 Å². The van der Waals surface area contributed by atoms with Crippen LogP contribution in [0, 0.1) is 36.5 Å². The predicted octanol–water partition coefficient (Wildman–Crippen LogP) is 9.91. The molecule has 0 atom stereocenters. The summed E-state index contributed by atoms with van der Waals surface area (Å²) in [6, 6.07) is 46.5. The van der Waals surface area contributed by atoms with Gasteiger partial charge in [0.2, 0.25) is 0 Å². The Labute approximate surface area is 254 Å². The third-order valence-electron chi connectivity index (χ3n) is 8.68. The molecule has 0 aliphatic heterocycles. The first-order chi connectivity index (χ1) is 21.6. The van der Waals surface area contributed by atoms with Gasteiger partial charge < -0.3 is 9.13 Å². The smallest absolute Gasteiger partial charge is 0.0992 e. The van der Waals surface area contributed by atoms with Crippen molar-refractivity contribution in [3.8, 4) is 34.6 Å². The van der Waals surface area contributed by atoms with Crippen LogP contribution in [0.3, 0.4) is 0 Å². The maximum absolute atomic E-state index is 10.0. The second-order valence-electron chi connectivity index (χ2n) is 11.4. The Morgan fingerprint density at radius 2 is 0.932 bits per heavy atom. The molecular weight excluding hydrogens is 536 g/mol. The topological polar surface area (TPSA) is 57.4 Å².